The van der Waals surface area contributed by atoms with Crippen LogP contribution in [0.15, 0.2) is 58.4 Å². The number of piperidine rings is 1. The van der Waals surface area contributed by atoms with E-state index in [0.29, 0.717) is 47.2 Å². The summed E-state index contributed by atoms with van der Waals surface area (Å²) < 4.78 is 0. The van der Waals surface area contributed by atoms with Gasteiger partial charge in [0.25, 0.3) is 16.8 Å². The minimum Gasteiger partial charge on any atom is -0.380 e. The number of nitrogens with zero attached hydrogens (tertiary/aromatic N) is 2. The van der Waals surface area contributed by atoms with Crippen molar-refractivity contribution in [2.75, 3.05) is 35.6 Å². The third-order valence-corrected chi connectivity index (χ3v) is 6.80. The third-order valence-electron chi connectivity index (χ3n) is 6.80. The van der Waals surface area contributed by atoms with Crippen LogP contribution in [0.2, 0.25) is 0 Å². The van der Waals surface area contributed by atoms with Crippen molar-refractivity contribution in [1.82, 2.24) is 9.88 Å². The van der Waals surface area contributed by atoms with E-state index in [1.54, 1.807) is 55.7 Å². The van der Waals surface area contributed by atoms with Crippen molar-refractivity contribution in [2.24, 2.45) is 5.92 Å². The lowest BCUT2D eigenvalue weighted by atomic mass is 9.91. The van der Waals surface area contributed by atoms with Crippen LogP contribution in [0.1, 0.15) is 55.8 Å². The molecule has 3 N–H and O–H groups in total. The second-order valence-electron chi connectivity index (χ2n) is 9.42. The fraction of sp³-hybridized carbons (Fsp3) is 0.393. The Bertz CT molecular complexity index is 1290. The van der Waals surface area contributed by atoms with Gasteiger partial charge in [-0.25, -0.2) is 0 Å². The van der Waals surface area contributed by atoms with Gasteiger partial charge in [0.1, 0.15) is 11.4 Å². The number of unbranched alkanes of at least 4 members (excludes halogenated alkanes) is 1. The molecule has 0 radical (unpaired) electrons. The molecule has 2 aromatic carbocycles. The molecular formula is C28H33N5O4. The fourth-order valence-corrected chi connectivity index (χ4v) is 4.62. The molecule has 37 heavy (non-hydrogen) atoms. The maximum Gasteiger partial charge on any atom is 0.253 e. The van der Waals surface area contributed by atoms with Crippen molar-refractivity contribution in [2.45, 2.75) is 45.4 Å². The van der Waals surface area contributed by atoms with Gasteiger partial charge in [0.2, 0.25) is 5.91 Å². The Morgan fingerprint density at radius 3 is 2.49 bits per heavy atom. The van der Waals surface area contributed by atoms with E-state index in [2.05, 4.69) is 20.9 Å². The van der Waals surface area contributed by atoms with E-state index in [0.717, 1.165) is 45.2 Å². The molecule has 1 aliphatic rings. The van der Waals surface area contributed by atoms with Crippen molar-refractivity contribution in [3.63, 3.8) is 0 Å². The average molecular weight is 504 g/mol. The Labute approximate surface area is 216 Å². The number of hydrogen-bond donors (Lipinski definition) is 3. The molecule has 1 aromatic heterocycles. The molecule has 0 unspecified atom stereocenters. The number of carbonyl (C=O) groups excluding carboxylic acids is 2. The van der Waals surface area contributed by atoms with Crippen LogP contribution in [0.4, 0.5) is 22.7 Å². The van der Waals surface area contributed by atoms with Crippen LogP contribution in [0.5, 0.6) is 0 Å². The number of rotatable bonds is 11. The van der Waals surface area contributed by atoms with E-state index in [-0.39, 0.29) is 11.8 Å². The molecule has 9 nitrogen and oxygen atoms in total. The highest BCUT2D eigenvalue weighted by Crippen LogP contribution is 2.25. The lowest BCUT2D eigenvalue weighted by Crippen LogP contribution is -2.38. The molecule has 1 fully saturated rings. The molecule has 3 aromatic rings. The van der Waals surface area contributed by atoms with Gasteiger partial charge in [0, 0.05) is 43.5 Å². The first-order valence-electron chi connectivity index (χ1n) is 12.9. The minimum atomic E-state index is -0.509. The number of benzene rings is 1. The van der Waals surface area contributed by atoms with Gasteiger partial charge >= 0.3 is 0 Å². The first-order chi connectivity index (χ1) is 18.0. The average Bonchev–Trinajstić information content (AvgIpc) is 2.94. The lowest BCUT2D eigenvalue weighted by molar-refractivity contribution is -0.115. The monoisotopic (exact) mass is 503 g/mol. The number of pyridine rings is 1. The molecule has 2 amide bonds. The number of amides is 2. The fourth-order valence-electron chi connectivity index (χ4n) is 4.62. The molecule has 0 spiro atoms. The lowest BCUT2D eigenvalue weighted by Gasteiger charge is -2.32. The molecule has 0 saturated carbocycles. The number of likely N-dealkylation sites (tertiary alicyclic amines) is 1. The Morgan fingerprint density at radius 2 is 1.76 bits per heavy atom. The molecule has 0 atom stereocenters. The van der Waals surface area contributed by atoms with Gasteiger partial charge < -0.3 is 20.9 Å². The summed E-state index contributed by atoms with van der Waals surface area (Å²) in [5.41, 5.74) is 1.55. The maximum atomic E-state index is 12.9. The Morgan fingerprint density at radius 1 is 1.00 bits per heavy atom. The molecule has 4 rings (SSSR count). The SMILES string of the molecule is CCC(=O)Nc1cccc(C(=O)N2CCC(CCCCNc3c(Nc4cccnc4)c(=O)c3=O)CC2)c1. The minimum absolute atomic E-state index is 0.000988. The van der Waals surface area contributed by atoms with Crippen molar-refractivity contribution in [3.05, 3.63) is 74.8 Å². The standard InChI is InChI=1S/C28H33N5O4/c1-2-23(34)31-21-9-5-8-20(17-21)28(37)33-15-11-19(12-16-33)7-3-4-14-30-24-25(27(36)26(24)35)32-22-10-6-13-29-18-22/h5-6,8-10,13,17-19,30,32H,2-4,7,11-12,14-16H2,1H3,(H,31,34). The summed E-state index contributed by atoms with van der Waals surface area (Å²) in [6.07, 6.45) is 8.52. The number of carbonyl (C=O) groups is 2. The van der Waals surface area contributed by atoms with E-state index >= 15 is 0 Å². The summed E-state index contributed by atoms with van der Waals surface area (Å²) >= 11 is 0. The smallest absolute Gasteiger partial charge is 0.253 e. The van der Waals surface area contributed by atoms with Crippen LogP contribution in [0.25, 0.3) is 0 Å². The Kier molecular flexibility index (Phi) is 8.66. The normalized spacial score (nSPS) is 13.9. The van der Waals surface area contributed by atoms with Crippen LogP contribution >= 0.6 is 0 Å². The Hall–Kier alpha value is -4.01. The zero-order chi connectivity index (χ0) is 26.2. The summed E-state index contributed by atoms with van der Waals surface area (Å²) in [7, 11) is 0. The van der Waals surface area contributed by atoms with Crippen LogP contribution in [-0.4, -0.2) is 41.3 Å². The number of nitrogens with one attached hydrogen (secondary N) is 3. The van der Waals surface area contributed by atoms with Gasteiger partial charge in [-0.05, 0) is 55.5 Å². The van der Waals surface area contributed by atoms with E-state index < -0.39 is 10.9 Å². The van der Waals surface area contributed by atoms with Crippen LogP contribution in [0.3, 0.4) is 0 Å². The number of hydrogen-bond acceptors (Lipinski definition) is 7. The van der Waals surface area contributed by atoms with Gasteiger partial charge in [-0.3, -0.25) is 24.2 Å². The number of aromatic nitrogens is 1. The summed E-state index contributed by atoms with van der Waals surface area (Å²) in [6.45, 7) is 3.85. The van der Waals surface area contributed by atoms with Crippen molar-refractivity contribution in [3.8, 4) is 0 Å². The number of anilines is 4. The van der Waals surface area contributed by atoms with Crippen molar-refractivity contribution in [1.29, 1.82) is 0 Å². The molecule has 0 bridgehead atoms. The third kappa shape index (κ3) is 6.61. The zero-order valence-electron chi connectivity index (χ0n) is 21.1. The van der Waals surface area contributed by atoms with Crippen molar-refractivity contribution < 1.29 is 9.59 Å². The first-order valence-corrected chi connectivity index (χ1v) is 12.9. The largest absolute Gasteiger partial charge is 0.380 e. The second-order valence-corrected chi connectivity index (χ2v) is 9.42. The molecule has 194 valence electrons. The first kappa shape index (κ1) is 26.1. The molecule has 1 aliphatic heterocycles. The quantitative estimate of drug-likeness (QED) is 0.268. The summed E-state index contributed by atoms with van der Waals surface area (Å²) in [4.78, 5) is 54.4. The topological polar surface area (TPSA) is 120 Å². The zero-order valence-corrected chi connectivity index (χ0v) is 21.1. The Balaban J connectivity index is 1.17. The highest BCUT2D eigenvalue weighted by Gasteiger charge is 2.24. The predicted octanol–water partition coefficient (Wildman–Crippen LogP) is 3.90. The van der Waals surface area contributed by atoms with E-state index in [4.69, 9.17) is 0 Å². The van der Waals surface area contributed by atoms with Crippen LogP contribution < -0.4 is 26.8 Å². The second kappa shape index (κ2) is 12.3. The van der Waals surface area contributed by atoms with Gasteiger partial charge in [-0.15, -0.1) is 0 Å². The molecular weight excluding hydrogens is 470 g/mol. The molecule has 1 saturated heterocycles. The van der Waals surface area contributed by atoms with Gasteiger partial charge in [-0.1, -0.05) is 25.8 Å². The van der Waals surface area contributed by atoms with E-state index in [9.17, 15) is 19.2 Å². The summed E-state index contributed by atoms with van der Waals surface area (Å²) in [5, 5.41) is 8.89. The highest BCUT2D eigenvalue weighted by atomic mass is 16.2. The van der Waals surface area contributed by atoms with Crippen LogP contribution in [0, 0.1) is 5.92 Å². The molecule has 0 aliphatic carbocycles. The summed E-state index contributed by atoms with van der Waals surface area (Å²) in [5.74, 6) is 0.485. The van der Waals surface area contributed by atoms with Gasteiger partial charge in [-0.2, -0.15) is 0 Å². The molecule has 9 heteroatoms. The summed E-state index contributed by atoms with van der Waals surface area (Å²) in [6, 6.07) is 10.7. The van der Waals surface area contributed by atoms with Crippen molar-refractivity contribution >= 4 is 34.6 Å². The predicted molar refractivity (Wildman–Crippen MR) is 145 cm³/mol. The maximum absolute atomic E-state index is 12.9. The van der Waals surface area contributed by atoms with E-state index in [1.807, 2.05) is 4.90 Å². The highest BCUT2D eigenvalue weighted by molar-refractivity contribution is 5.97. The molecule has 2 heterocycles. The van der Waals surface area contributed by atoms with Gasteiger partial charge in [0.05, 0.1) is 11.9 Å². The van der Waals surface area contributed by atoms with E-state index in [1.165, 1.54) is 0 Å². The van der Waals surface area contributed by atoms with Gasteiger partial charge in [0.15, 0.2) is 0 Å². The van der Waals surface area contributed by atoms with Crippen LogP contribution in [-0.2, 0) is 4.79 Å².